The summed E-state index contributed by atoms with van der Waals surface area (Å²) in [5, 5.41) is 1.38. The molecule has 0 saturated carbocycles. The zero-order valence-corrected chi connectivity index (χ0v) is 17.2. The Morgan fingerprint density at radius 2 is 1.66 bits per heavy atom. The van der Waals surface area contributed by atoms with Gasteiger partial charge in [0.2, 0.25) is 5.91 Å². The molecule has 6 heteroatoms. The Bertz CT molecular complexity index is 818. The van der Waals surface area contributed by atoms with Crippen molar-refractivity contribution in [2.24, 2.45) is 0 Å². The highest BCUT2D eigenvalue weighted by atomic mass is 16.7. The van der Waals surface area contributed by atoms with Crippen LogP contribution in [0.5, 0.6) is 0 Å². The molecule has 0 aliphatic carbocycles. The number of carbonyl (C=O) groups is 2. The van der Waals surface area contributed by atoms with Crippen molar-refractivity contribution in [2.45, 2.75) is 45.4 Å². The summed E-state index contributed by atoms with van der Waals surface area (Å²) in [6.07, 6.45) is -0.249. The van der Waals surface area contributed by atoms with Crippen LogP contribution in [-0.2, 0) is 21.0 Å². The molecule has 29 heavy (non-hydrogen) atoms. The topological polar surface area (TPSA) is 59.1 Å². The number of benzene rings is 2. The molecule has 0 spiro atoms. The summed E-state index contributed by atoms with van der Waals surface area (Å²) in [6.45, 7) is 6.32. The molecule has 2 aromatic rings. The van der Waals surface area contributed by atoms with Gasteiger partial charge in [0, 0.05) is 13.0 Å². The monoisotopic (exact) mass is 396 g/mol. The third-order valence-corrected chi connectivity index (χ3v) is 4.60. The summed E-state index contributed by atoms with van der Waals surface area (Å²) in [5.41, 5.74) is 1.30. The highest BCUT2D eigenvalue weighted by molar-refractivity contribution is 5.77. The normalized spacial score (nSPS) is 17.8. The minimum absolute atomic E-state index is 0.145. The highest BCUT2D eigenvalue weighted by Gasteiger charge is 2.35. The number of hydroxylamine groups is 2. The number of ether oxygens (including phenoxy) is 1. The van der Waals surface area contributed by atoms with Crippen LogP contribution in [0.2, 0.25) is 0 Å². The van der Waals surface area contributed by atoms with Crippen LogP contribution in [0.1, 0.15) is 44.4 Å². The first-order chi connectivity index (χ1) is 13.8. The van der Waals surface area contributed by atoms with Gasteiger partial charge < -0.3 is 4.74 Å². The van der Waals surface area contributed by atoms with Gasteiger partial charge in [-0.25, -0.2) is 9.86 Å². The Labute approximate surface area is 172 Å². The van der Waals surface area contributed by atoms with Crippen molar-refractivity contribution in [3.05, 3.63) is 71.8 Å². The van der Waals surface area contributed by atoms with E-state index in [0.717, 1.165) is 11.1 Å². The fraction of sp³-hybridized carbons (Fsp3) is 0.391. The summed E-state index contributed by atoms with van der Waals surface area (Å²) < 4.78 is 5.60. The molecule has 0 unspecified atom stereocenters. The van der Waals surface area contributed by atoms with E-state index in [1.807, 2.05) is 81.4 Å². The molecule has 0 N–H and O–H groups in total. The van der Waals surface area contributed by atoms with Crippen molar-refractivity contribution in [1.29, 1.82) is 0 Å². The first-order valence-corrected chi connectivity index (χ1v) is 9.85. The minimum Gasteiger partial charge on any atom is -0.444 e. The molecular weight excluding hydrogens is 368 g/mol. The molecule has 2 aromatic carbocycles. The summed E-state index contributed by atoms with van der Waals surface area (Å²) >= 11 is 0. The maximum Gasteiger partial charge on any atom is 0.410 e. The van der Waals surface area contributed by atoms with Crippen LogP contribution in [0.15, 0.2) is 60.7 Å². The maximum atomic E-state index is 12.9. The van der Waals surface area contributed by atoms with Gasteiger partial charge in [-0.3, -0.25) is 14.5 Å². The van der Waals surface area contributed by atoms with Gasteiger partial charge in [0.05, 0.1) is 12.6 Å². The molecule has 1 heterocycles. The highest BCUT2D eigenvalue weighted by Crippen LogP contribution is 2.28. The average molecular weight is 396 g/mol. The molecule has 1 aliphatic heterocycles. The number of nitrogens with zero attached hydrogens (tertiary/aromatic N) is 2. The summed E-state index contributed by atoms with van der Waals surface area (Å²) in [7, 11) is 0. The van der Waals surface area contributed by atoms with E-state index in [0.29, 0.717) is 6.61 Å². The van der Waals surface area contributed by atoms with Crippen LogP contribution < -0.4 is 0 Å². The number of rotatable bonds is 4. The Morgan fingerprint density at radius 1 is 1.03 bits per heavy atom. The van der Waals surface area contributed by atoms with Gasteiger partial charge in [0.15, 0.2) is 0 Å². The second kappa shape index (κ2) is 9.09. The van der Waals surface area contributed by atoms with Crippen LogP contribution in [-0.4, -0.2) is 40.7 Å². The van der Waals surface area contributed by atoms with Gasteiger partial charge >= 0.3 is 6.09 Å². The molecule has 1 fully saturated rings. The molecule has 1 aliphatic rings. The number of hydrogen-bond acceptors (Lipinski definition) is 4. The third-order valence-electron chi connectivity index (χ3n) is 4.60. The van der Waals surface area contributed by atoms with E-state index in [1.54, 1.807) is 4.90 Å². The van der Waals surface area contributed by atoms with Crippen molar-refractivity contribution >= 4 is 12.0 Å². The average Bonchev–Trinajstić information content (AvgIpc) is 2.86. The Hall–Kier alpha value is -2.86. The molecule has 0 aromatic heterocycles. The lowest BCUT2D eigenvalue weighted by atomic mass is 10.1. The second-order valence-corrected chi connectivity index (χ2v) is 8.06. The molecular formula is C23H28N2O4. The number of carbonyl (C=O) groups excluding carboxylic acids is 2. The van der Waals surface area contributed by atoms with Crippen LogP contribution in [0.4, 0.5) is 4.79 Å². The quantitative estimate of drug-likeness (QED) is 0.772. The van der Waals surface area contributed by atoms with E-state index in [9.17, 15) is 9.59 Å². The minimum atomic E-state index is -0.613. The van der Waals surface area contributed by atoms with Gasteiger partial charge in [-0.05, 0) is 31.9 Å². The third kappa shape index (κ3) is 5.81. The summed E-state index contributed by atoms with van der Waals surface area (Å²) in [4.78, 5) is 33.0. The Kier molecular flexibility index (Phi) is 6.54. The molecule has 0 bridgehead atoms. The van der Waals surface area contributed by atoms with E-state index in [4.69, 9.17) is 9.57 Å². The van der Waals surface area contributed by atoms with E-state index in [2.05, 4.69) is 0 Å². The van der Waals surface area contributed by atoms with E-state index in [-0.39, 0.29) is 31.5 Å². The van der Waals surface area contributed by atoms with Crippen LogP contribution in [0.25, 0.3) is 0 Å². The fourth-order valence-electron chi connectivity index (χ4n) is 3.21. The molecule has 2 amide bonds. The molecule has 6 nitrogen and oxygen atoms in total. The first kappa shape index (κ1) is 20.9. The lowest BCUT2D eigenvalue weighted by Gasteiger charge is -2.33. The van der Waals surface area contributed by atoms with Crippen molar-refractivity contribution in [3.63, 3.8) is 0 Å². The van der Waals surface area contributed by atoms with Gasteiger partial charge in [0.25, 0.3) is 0 Å². The molecule has 1 atom stereocenters. The van der Waals surface area contributed by atoms with Crippen LogP contribution in [0, 0.1) is 0 Å². The van der Waals surface area contributed by atoms with Gasteiger partial charge in [0.1, 0.15) is 12.2 Å². The molecule has 3 rings (SSSR count). The zero-order valence-electron chi connectivity index (χ0n) is 17.2. The molecule has 0 radical (unpaired) electrons. The summed E-state index contributed by atoms with van der Waals surface area (Å²) in [5.74, 6) is -0.145. The van der Waals surface area contributed by atoms with Gasteiger partial charge in [-0.15, -0.1) is 0 Å². The van der Waals surface area contributed by atoms with Gasteiger partial charge in [-0.1, -0.05) is 60.7 Å². The first-order valence-electron chi connectivity index (χ1n) is 9.85. The SMILES string of the molecule is CC(C)(C)OC(=O)N1CCC(=O)N(OCc2ccccc2)C[C@H]1c1ccccc1. The number of amides is 2. The lowest BCUT2D eigenvalue weighted by Crippen LogP contribution is -2.41. The van der Waals surface area contributed by atoms with Crippen molar-refractivity contribution in [3.8, 4) is 0 Å². The largest absolute Gasteiger partial charge is 0.444 e. The predicted molar refractivity (Wildman–Crippen MR) is 110 cm³/mol. The van der Waals surface area contributed by atoms with E-state index in [1.165, 1.54) is 5.06 Å². The fourth-order valence-corrected chi connectivity index (χ4v) is 3.21. The predicted octanol–water partition coefficient (Wildman–Crippen LogP) is 4.33. The molecule has 1 saturated heterocycles. The van der Waals surface area contributed by atoms with Crippen molar-refractivity contribution in [1.82, 2.24) is 9.96 Å². The van der Waals surface area contributed by atoms with Crippen molar-refractivity contribution < 1.29 is 19.2 Å². The van der Waals surface area contributed by atoms with Crippen molar-refractivity contribution in [2.75, 3.05) is 13.1 Å². The Balaban J connectivity index is 1.82. The maximum absolute atomic E-state index is 12.9. The van der Waals surface area contributed by atoms with Crippen LogP contribution in [0.3, 0.4) is 0 Å². The zero-order chi connectivity index (χ0) is 20.9. The smallest absolute Gasteiger partial charge is 0.410 e. The summed E-state index contributed by atoms with van der Waals surface area (Å²) in [6, 6.07) is 19.0. The number of hydrogen-bond donors (Lipinski definition) is 0. The Morgan fingerprint density at radius 3 is 2.28 bits per heavy atom. The second-order valence-electron chi connectivity index (χ2n) is 8.06. The van der Waals surface area contributed by atoms with E-state index >= 15 is 0 Å². The van der Waals surface area contributed by atoms with Crippen LogP contribution >= 0.6 is 0 Å². The van der Waals surface area contributed by atoms with Gasteiger partial charge in [-0.2, -0.15) is 0 Å². The molecule has 154 valence electrons. The standard InChI is InChI=1S/C23H28N2O4/c1-23(2,3)29-22(27)24-15-14-21(26)25(28-17-18-10-6-4-7-11-18)16-20(24)19-12-8-5-9-13-19/h4-13,20H,14-17H2,1-3H3/t20-/m0/s1. The van der Waals surface area contributed by atoms with E-state index < -0.39 is 11.7 Å². The lowest BCUT2D eigenvalue weighted by molar-refractivity contribution is -0.192.